The summed E-state index contributed by atoms with van der Waals surface area (Å²) < 4.78 is 4.69. The molecule has 0 aromatic heterocycles. The van der Waals surface area contributed by atoms with Crippen LogP contribution >= 0.6 is 0 Å². The molecule has 0 heterocycles. The van der Waals surface area contributed by atoms with E-state index in [1.165, 1.54) is 39.2 Å². The molecule has 0 saturated heterocycles. The highest BCUT2D eigenvalue weighted by atomic mass is 16.5. The third kappa shape index (κ3) is 2.61. The van der Waals surface area contributed by atoms with Crippen LogP contribution in [-0.2, 0) is 14.3 Å². The zero-order valence-corrected chi connectivity index (χ0v) is 10.5. The first kappa shape index (κ1) is 12.4. The highest BCUT2D eigenvalue weighted by Crippen LogP contribution is 2.46. The monoisotopic (exact) mass is 239 g/mol. The van der Waals surface area contributed by atoms with Crippen LogP contribution in [0.5, 0.6) is 0 Å². The van der Waals surface area contributed by atoms with Gasteiger partial charge in [0, 0.05) is 6.54 Å². The van der Waals surface area contributed by atoms with Crippen LogP contribution in [0.25, 0.3) is 0 Å². The van der Waals surface area contributed by atoms with Crippen molar-refractivity contribution in [1.29, 1.82) is 0 Å². The number of hydrogen-bond donors (Lipinski definition) is 1. The van der Waals surface area contributed by atoms with Crippen LogP contribution in [-0.4, -0.2) is 25.5 Å². The first-order chi connectivity index (χ1) is 8.19. The van der Waals surface area contributed by atoms with Crippen molar-refractivity contribution in [2.24, 2.45) is 11.3 Å². The standard InChI is InChI=1S/C13H21NO3/c1-17-12(16)13(7-8-13)11(15)14-9-10-5-3-2-4-6-10/h10H,2-9H2,1H3,(H,14,15). The van der Waals surface area contributed by atoms with Gasteiger partial charge in [-0.25, -0.2) is 0 Å². The number of ether oxygens (including phenoxy) is 1. The van der Waals surface area contributed by atoms with Gasteiger partial charge >= 0.3 is 5.97 Å². The Morgan fingerprint density at radius 1 is 1.24 bits per heavy atom. The van der Waals surface area contributed by atoms with Crippen LogP contribution in [0.1, 0.15) is 44.9 Å². The quantitative estimate of drug-likeness (QED) is 0.599. The second-order valence-electron chi connectivity index (χ2n) is 5.29. The average Bonchev–Trinajstić information content (AvgIpc) is 3.17. The van der Waals surface area contributed by atoms with E-state index in [9.17, 15) is 9.59 Å². The molecule has 1 N–H and O–H groups in total. The van der Waals surface area contributed by atoms with E-state index in [-0.39, 0.29) is 11.9 Å². The molecule has 0 aromatic carbocycles. The number of carbonyl (C=O) groups excluding carboxylic acids is 2. The lowest BCUT2D eigenvalue weighted by Gasteiger charge is -2.22. The van der Waals surface area contributed by atoms with Crippen LogP contribution in [0.2, 0.25) is 0 Å². The molecule has 2 rings (SSSR count). The van der Waals surface area contributed by atoms with Crippen molar-refractivity contribution >= 4 is 11.9 Å². The number of amides is 1. The molecule has 0 aromatic rings. The Bertz CT molecular complexity index is 304. The maximum absolute atomic E-state index is 12.0. The molecule has 4 nitrogen and oxygen atoms in total. The molecule has 0 spiro atoms. The summed E-state index contributed by atoms with van der Waals surface area (Å²) in [4.78, 5) is 23.5. The van der Waals surface area contributed by atoms with E-state index >= 15 is 0 Å². The normalized spacial score (nSPS) is 22.9. The molecule has 2 fully saturated rings. The van der Waals surface area contributed by atoms with Gasteiger partial charge in [-0.05, 0) is 31.6 Å². The molecule has 96 valence electrons. The summed E-state index contributed by atoms with van der Waals surface area (Å²) in [5.41, 5.74) is -0.844. The Morgan fingerprint density at radius 3 is 2.41 bits per heavy atom. The number of esters is 1. The molecule has 1 amide bonds. The van der Waals surface area contributed by atoms with Crippen LogP contribution in [0.15, 0.2) is 0 Å². The maximum atomic E-state index is 12.0. The Labute approximate surface area is 102 Å². The summed E-state index contributed by atoms with van der Waals surface area (Å²) in [5, 5.41) is 2.93. The smallest absolute Gasteiger partial charge is 0.321 e. The summed E-state index contributed by atoms with van der Waals surface area (Å²) in [6.45, 7) is 0.720. The SMILES string of the molecule is COC(=O)C1(C(=O)NCC2CCCCC2)CC1. The van der Waals surface area contributed by atoms with E-state index in [4.69, 9.17) is 4.74 Å². The van der Waals surface area contributed by atoms with E-state index < -0.39 is 5.41 Å². The van der Waals surface area contributed by atoms with E-state index in [1.54, 1.807) is 0 Å². The van der Waals surface area contributed by atoms with Gasteiger partial charge in [-0.2, -0.15) is 0 Å². The highest BCUT2D eigenvalue weighted by Gasteiger charge is 2.57. The lowest BCUT2D eigenvalue weighted by atomic mass is 9.89. The largest absolute Gasteiger partial charge is 0.468 e. The van der Waals surface area contributed by atoms with Gasteiger partial charge in [-0.1, -0.05) is 19.3 Å². The van der Waals surface area contributed by atoms with Crippen molar-refractivity contribution in [3.05, 3.63) is 0 Å². The molecular weight excluding hydrogens is 218 g/mol. The fourth-order valence-electron chi connectivity index (χ4n) is 2.64. The van der Waals surface area contributed by atoms with Gasteiger partial charge in [-0.3, -0.25) is 9.59 Å². The molecule has 0 radical (unpaired) electrons. The summed E-state index contributed by atoms with van der Waals surface area (Å²) in [7, 11) is 1.34. The minimum atomic E-state index is -0.844. The fourth-order valence-corrected chi connectivity index (χ4v) is 2.64. The Morgan fingerprint density at radius 2 is 1.88 bits per heavy atom. The Balaban J connectivity index is 1.79. The molecule has 4 heteroatoms. The molecule has 2 aliphatic rings. The summed E-state index contributed by atoms with van der Waals surface area (Å²) in [5.74, 6) is 0.0923. The number of nitrogens with one attached hydrogen (secondary N) is 1. The van der Waals surface area contributed by atoms with Crippen LogP contribution in [0, 0.1) is 11.3 Å². The van der Waals surface area contributed by atoms with Crippen molar-refractivity contribution in [1.82, 2.24) is 5.32 Å². The molecule has 2 saturated carbocycles. The first-order valence-corrected chi connectivity index (χ1v) is 6.56. The van der Waals surface area contributed by atoms with E-state index in [1.807, 2.05) is 0 Å². The van der Waals surface area contributed by atoms with E-state index in [0.29, 0.717) is 18.8 Å². The third-order valence-electron chi connectivity index (χ3n) is 4.04. The minimum Gasteiger partial charge on any atom is -0.468 e. The predicted molar refractivity (Wildman–Crippen MR) is 63.3 cm³/mol. The second kappa shape index (κ2) is 5.07. The van der Waals surface area contributed by atoms with Gasteiger partial charge in [0.25, 0.3) is 0 Å². The van der Waals surface area contributed by atoms with Crippen molar-refractivity contribution in [2.75, 3.05) is 13.7 Å². The summed E-state index contributed by atoms with van der Waals surface area (Å²) in [6, 6.07) is 0. The van der Waals surface area contributed by atoms with Crippen molar-refractivity contribution in [2.45, 2.75) is 44.9 Å². The number of hydrogen-bond acceptors (Lipinski definition) is 3. The van der Waals surface area contributed by atoms with Crippen molar-refractivity contribution < 1.29 is 14.3 Å². The van der Waals surface area contributed by atoms with Crippen LogP contribution < -0.4 is 5.32 Å². The lowest BCUT2D eigenvalue weighted by Crippen LogP contribution is -2.40. The number of rotatable bonds is 4. The lowest BCUT2D eigenvalue weighted by molar-refractivity contribution is -0.152. The Hall–Kier alpha value is -1.06. The molecule has 0 unspecified atom stereocenters. The molecule has 0 bridgehead atoms. The molecule has 2 aliphatic carbocycles. The Kier molecular flexibility index (Phi) is 3.69. The van der Waals surface area contributed by atoms with Crippen molar-refractivity contribution in [3.63, 3.8) is 0 Å². The van der Waals surface area contributed by atoms with Crippen molar-refractivity contribution in [3.8, 4) is 0 Å². The summed E-state index contributed by atoms with van der Waals surface area (Å²) >= 11 is 0. The number of carbonyl (C=O) groups is 2. The molecule has 0 aliphatic heterocycles. The van der Waals surface area contributed by atoms with E-state index in [2.05, 4.69) is 5.32 Å². The van der Waals surface area contributed by atoms with Gasteiger partial charge < -0.3 is 10.1 Å². The zero-order valence-electron chi connectivity index (χ0n) is 10.5. The van der Waals surface area contributed by atoms with Crippen LogP contribution in [0.3, 0.4) is 0 Å². The van der Waals surface area contributed by atoms with Crippen LogP contribution in [0.4, 0.5) is 0 Å². The maximum Gasteiger partial charge on any atom is 0.321 e. The predicted octanol–water partition coefficient (Wildman–Crippen LogP) is 1.64. The van der Waals surface area contributed by atoms with Gasteiger partial charge in [-0.15, -0.1) is 0 Å². The third-order valence-corrected chi connectivity index (χ3v) is 4.04. The molecule has 0 atom stereocenters. The molecule has 17 heavy (non-hydrogen) atoms. The minimum absolute atomic E-state index is 0.130. The van der Waals surface area contributed by atoms with Gasteiger partial charge in [0.2, 0.25) is 5.91 Å². The number of methoxy groups -OCH3 is 1. The zero-order chi connectivity index (χ0) is 12.3. The highest BCUT2D eigenvalue weighted by molar-refractivity contribution is 6.05. The first-order valence-electron chi connectivity index (χ1n) is 6.56. The van der Waals surface area contributed by atoms with Gasteiger partial charge in [0.15, 0.2) is 0 Å². The van der Waals surface area contributed by atoms with E-state index in [0.717, 1.165) is 6.54 Å². The molecular formula is C13H21NO3. The summed E-state index contributed by atoms with van der Waals surface area (Å²) in [6.07, 6.45) is 7.52. The fraction of sp³-hybridized carbons (Fsp3) is 0.846. The van der Waals surface area contributed by atoms with Gasteiger partial charge in [0.05, 0.1) is 7.11 Å². The second-order valence-corrected chi connectivity index (χ2v) is 5.29. The topological polar surface area (TPSA) is 55.4 Å². The average molecular weight is 239 g/mol. The van der Waals surface area contributed by atoms with Gasteiger partial charge in [0.1, 0.15) is 5.41 Å².